The predicted molar refractivity (Wildman–Crippen MR) is 110 cm³/mol. The molecule has 0 bridgehead atoms. The second kappa shape index (κ2) is 7.10. The number of nitrogens with zero attached hydrogens (tertiary/aromatic N) is 5. The summed E-state index contributed by atoms with van der Waals surface area (Å²) in [7, 11) is 3.51. The molecule has 1 fully saturated rings. The molecule has 8 nitrogen and oxygen atoms in total. The maximum Gasteiger partial charge on any atom is 0.328 e. The minimum Gasteiger partial charge on any atom is -0.379 e. The molecule has 0 saturated carbocycles. The number of hydrogen-bond acceptors (Lipinski definition) is 6. The van der Waals surface area contributed by atoms with E-state index in [0.717, 1.165) is 41.1 Å². The van der Waals surface area contributed by atoms with E-state index in [1.54, 1.807) is 23.2 Å². The van der Waals surface area contributed by atoms with Crippen LogP contribution in [-0.4, -0.2) is 38.9 Å². The van der Waals surface area contributed by atoms with Gasteiger partial charge < -0.3 is 15.4 Å². The molecule has 0 aliphatic carbocycles. The number of imidazole rings is 1. The fourth-order valence-electron chi connectivity index (χ4n) is 3.82. The molecule has 1 atom stereocenters. The Morgan fingerprint density at radius 1 is 1.18 bits per heavy atom. The number of nitrogen functional groups attached to an aromatic ring is 1. The van der Waals surface area contributed by atoms with Gasteiger partial charge >= 0.3 is 5.69 Å². The van der Waals surface area contributed by atoms with Crippen molar-refractivity contribution in [2.24, 2.45) is 14.1 Å². The smallest absolute Gasteiger partial charge is 0.328 e. The lowest BCUT2D eigenvalue weighted by molar-refractivity contribution is 0.134. The molecular formula is C19H23ClN6O2. The van der Waals surface area contributed by atoms with Gasteiger partial charge in [0.2, 0.25) is 5.95 Å². The third-order valence-electron chi connectivity index (χ3n) is 5.24. The summed E-state index contributed by atoms with van der Waals surface area (Å²) >= 11 is 6.67. The van der Waals surface area contributed by atoms with Crippen LogP contribution in [0.3, 0.4) is 0 Å². The molecule has 1 aliphatic heterocycles. The molecule has 0 radical (unpaired) electrons. The number of nitrogens with two attached hydrogens (primary N) is 1. The van der Waals surface area contributed by atoms with E-state index >= 15 is 0 Å². The Morgan fingerprint density at radius 2 is 1.89 bits per heavy atom. The van der Waals surface area contributed by atoms with Gasteiger partial charge in [-0.2, -0.15) is 4.98 Å². The van der Waals surface area contributed by atoms with Crippen molar-refractivity contribution in [1.29, 1.82) is 0 Å². The quantitative estimate of drug-likeness (QED) is 0.706. The van der Waals surface area contributed by atoms with Gasteiger partial charge in [-0.25, -0.2) is 9.78 Å². The van der Waals surface area contributed by atoms with Crippen molar-refractivity contribution < 1.29 is 4.74 Å². The molecule has 4 rings (SSSR count). The molecule has 9 heteroatoms. The summed E-state index contributed by atoms with van der Waals surface area (Å²) in [5.74, 6) is 0.990. The van der Waals surface area contributed by atoms with Crippen LogP contribution in [0.15, 0.2) is 23.0 Å². The average molecular weight is 403 g/mol. The van der Waals surface area contributed by atoms with Crippen LogP contribution < -0.4 is 16.3 Å². The van der Waals surface area contributed by atoms with Gasteiger partial charge in [0, 0.05) is 44.0 Å². The van der Waals surface area contributed by atoms with Crippen molar-refractivity contribution in [3.8, 4) is 0 Å². The summed E-state index contributed by atoms with van der Waals surface area (Å²) in [4.78, 5) is 23.1. The lowest BCUT2D eigenvalue weighted by atomic mass is 10.0. The van der Waals surface area contributed by atoms with Crippen LogP contribution in [0.4, 0.5) is 11.8 Å². The first-order chi connectivity index (χ1) is 13.4. The highest BCUT2D eigenvalue weighted by atomic mass is 35.5. The van der Waals surface area contributed by atoms with E-state index in [9.17, 15) is 4.79 Å². The van der Waals surface area contributed by atoms with Gasteiger partial charge in [0.15, 0.2) is 0 Å². The van der Waals surface area contributed by atoms with E-state index in [1.165, 1.54) is 0 Å². The molecule has 1 saturated heterocycles. The summed E-state index contributed by atoms with van der Waals surface area (Å²) in [6.07, 6.45) is 0.864. The van der Waals surface area contributed by atoms with Crippen LogP contribution in [0.1, 0.15) is 23.7 Å². The van der Waals surface area contributed by atoms with Crippen molar-refractivity contribution in [2.45, 2.75) is 19.4 Å². The Morgan fingerprint density at radius 3 is 2.61 bits per heavy atom. The van der Waals surface area contributed by atoms with Gasteiger partial charge in [-0.15, -0.1) is 0 Å². The Labute approximate surface area is 167 Å². The van der Waals surface area contributed by atoms with Gasteiger partial charge in [0.1, 0.15) is 5.82 Å². The topological polar surface area (TPSA) is 91.2 Å². The van der Waals surface area contributed by atoms with Gasteiger partial charge in [0.05, 0.1) is 23.7 Å². The molecular weight excluding hydrogens is 380 g/mol. The molecule has 0 amide bonds. The highest BCUT2D eigenvalue weighted by Gasteiger charge is 2.28. The monoisotopic (exact) mass is 402 g/mol. The summed E-state index contributed by atoms with van der Waals surface area (Å²) < 4.78 is 9.08. The minimum atomic E-state index is -0.150. The van der Waals surface area contributed by atoms with Gasteiger partial charge in [-0.3, -0.25) is 9.13 Å². The number of aryl methyl sites for hydroxylation is 3. The zero-order valence-corrected chi connectivity index (χ0v) is 16.9. The first-order valence-electron chi connectivity index (χ1n) is 9.17. The first-order valence-corrected chi connectivity index (χ1v) is 9.55. The van der Waals surface area contributed by atoms with Gasteiger partial charge in [-0.05, 0) is 31.0 Å². The van der Waals surface area contributed by atoms with Crippen molar-refractivity contribution in [3.63, 3.8) is 0 Å². The number of halogens is 1. The number of benzene rings is 1. The lowest BCUT2D eigenvalue weighted by Crippen LogP contribution is -2.32. The third kappa shape index (κ3) is 3.12. The summed E-state index contributed by atoms with van der Waals surface area (Å²) in [5.41, 5.74) is 9.12. The molecule has 2 aromatic heterocycles. The van der Waals surface area contributed by atoms with Crippen molar-refractivity contribution >= 4 is 34.4 Å². The van der Waals surface area contributed by atoms with E-state index in [0.29, 0.717) is 18.2 Å². The molecule has 3 aromatic rings. The molecule has 28 heavy (non-hydrogen) atoms. The molecule has 148 valence electrons. The molecule has 0 unspecified atom stereocenters. The maximum absolute atomic E-state index is 12.3. The summed E-state index contributed by atoms with van der Waals surface area (Å²) in [6.45, 7) is 3.78. The van der Waals surface area contributed by atoms with Crippen molar-refractivity contribution in [3.05, 3.63) is 45.0 Å². The van der Waals surface area contributed by atoms with E-state index in [1.807, 2.05) is 25.1 Å². The van der Waals surface area contributed by atoms with Gasteiger partial charge in [0.25, 0.3) is 0 Å². The Kier molecular flexibility index (Phi) is 4.76. The maximum atomic E-state index is 12.3. The highest BCUT2D eigenvalue weighted by molar-refractivity contribution is 6.32. The van der Waals surface area contributed by atoms with E-state index < -0.39 is 0 Å². The normalized spacial score (nSPS) is 17.9. The summed E-state index contributed by atoms with van der Waals surface area (Å²) in [5, 5.41) is 0.591. The van der Waals surface area contributed by atoms with Crippen LogP contribution in [-0.2, 0) is 18.8 Å². The average Bonchev–Trinajstić information content (AvgIpc) is 2.84. The Hall–Kier alpha value is -2.58. The van der Waals surface area contributed by atoms with Crippen LogP contribution >= 0.6 is 11.6 Å². The first kappa shape index (κ1) is 18.8. The second-order valence-corrected chi connectivity index (χ2v) is 7.53. The van der Waals surface area contributed by atoms with Crippen molar-refractivity contribution in [1.82, 2.24) is 19.1 Å². The fourth-order valence-corrected chi connectivity index (χ4v) is 4.11. The summed E-state index contributed by atoms with van der Waals surface area (Å²) in [6, 6.07) is 5.58. The van der Waals surface area contributed by atoms with E-state index in [-0.39, 0.29) is 17.7 Å². The molecule has 1 aliphatic rings. The minimum absolute atomic E-state index is 0.0867. The number of anilines is 2. The number of rotatable bonds is 2. The number of fused-ring (bicyclic) bond motifs is 1. The van der Waals surface area contributed by atoms with Crippen LogP contribution in [0, 0.1) is 6.92 Å². The predicted octanol–water partition coefficient (Wildman–Crippen LogP) is 2.18. The fraction of sp³-hybridized carbons (Fsp3) is 0.421. The van der Waals surface area contributed by atoms with Crippen LogP contribution in [0.25, 0.3) is 11.0 Å². The number of ether oxygens (including phenoxy) is 1. The molecule has 3 heterocycles. The molecule has 1 aromatic carbocycles. The lowest BCUT2D eigenvalue weighted by Gasteiger charge is -2.31. The van der Waals surface area contributed by atoms with E-state index in [2.05, 4.69) is 14.9 Å². The van der Waals surface area contributed by atoms with Gasteiger partial charge in [-0.1, -0.05) is 11.6 Å². The standard InChI is InChI=1S/C19H23ClN6O2/c1-11-7-17(23-18(21)22-11)26-5-4-6-28-10-16(26)12-8-14-15(9-13(12)20)25(3)19(27)24(14)2/h7-9,16H,4-6,10H2,1-3H3,(H2,21,22,23)/t16-/m0/s1. The highest BCUT2D eigenvalue weighted by Crippen LogP contribution is 2.35. The largest absolute Gasteiger partial charge is 0.379 e. The van der Waals surface area contributed by atoms with Crippen molar-refractivity contribution in [2.75, 3.05) is 30.4 Å². The Balaban J connectivity index is 1.87. The van der Waals surface area contributed by atoms with Crippen LogP contribution in [0.2, 0.25) is 5.02 Å². The molecule has 2 N–H and O–H groups in total. The molecule has 0 spiro atoms. The third-order valence-corrected chi connectivity index (χ3v) is 5.57. The van der Waals surface area contributed by atoms with E-state index in [4.69, 9.17) is 22.1 Å². The number of aromatic nitrogens is 4. The van der Waals surface area contributed by atoms with Crippen LogP contribution in [0.5, 0.6) is 0 Å². The Bertz CT molecular complexity index is 1090. The SMILES string of the molecule is Cc1cc(N2CCCOC[C@H]2c2cc3c(cc2Cl)n(C)c(=O)n3C)nc(N)n1. The number of hydrogen-bond donors (Lipinski definition) is 1. The zero-order chi connectivity index (χ0) is 20.0. The zero-order valence-electron chi connectivity index (χ0n) is 16.1. The second-order valence-electron chi connectivity index (χ2n) is 7.13.